The molecular formula is C42H48N2. The van der Waals surface area contributed by atoms with Crippen LogP contribution in [0.25, 0.3) is 45.8 Å². The SMILES string of the molecule is Cc1c(/C=C/c2ccc(N(C)C)cc2)c(C)c2c(C)c3c(C)c(C)c(/C=C/c4ccc(N(C)C)cc4)c(C)c3c(C)c2c1C. The van der Waals surface area contributed by atoms with E-state index in [1.165, 1.54) is 99.7 Å². The topological polar surface area (TPSA) is 6.48 Å². The highest BCUT2D eigenvalue weighted by Gasteiger charge is 2.21. The first-order valence-electron chi connectivity index (χ1n) is 15.7. The summed E-state index contributed by atoms with van der Waals surface area (Å²) in [6.07, 6.45) is 9.16. The van der Waals surface area contributed by atoms with Gasteiger partial charge in [-0.2, -0.15) is 0 Å². The molecule has 0 unspecified atom stereocenters. The van der Waals surface area contributed by atoms with Crippen LogP contribution in [0.1, 0.15) is 66.8 Å². The van der Waals surface area contributed by atoms with Crippen LogP contribution in [-0.2, 0) is 0 Å². The molecule has 0 atom stereocenters. The lowest BCUT2D eigenvalue weighted by Gasteiger charge is -2.24. The van der Waals surface area contributed by atoms with Gasteiger partial charge in [-0.05, 0) is 168 Å². The van der Waals surface area contributed by atoms with Crippen LogP contribution in [0.2, 0.25) is 0 Å². The molecule has 44 heavy (non-hydrogen) atoms. The second-order valence-electron chi connectivity index (χ2n) is 13.0. The average Bonchev–Trinajstić information content (AvgIpc) is 2.99. The highest BCUT2D eigenvalue weighted by Crippen LogP contribution is 2.43. The predicted octanol–water partition coefficient (Wildman–Crippen LogP) is 10.9. The van der Waals surface area contributed by atoms with Gasteiger partial charge >= 0.3 is 0 Å². The quantitative estimate of drug-likeness (QED) is 0.146. The Bertz CT molecular complexity index is 1800. The van der Waals surface area contributed by atoms with Gasteiger partial charge in [0.1, 0.15) is 0 Å². The third kappa shape index (κ3) is 5.32. The summed E-state index contributed by atoms with van der Waals surface area (Å²) >= 11 is 0. The molecule has 0 radical (unpaired) electrons. The fourth-order valence-electron chi connectivity index (χ4n) is 7.11. The van der Waals surface area contributed by atoms with Crippen LogP contribution >= 0.6 is 0 Å². The molecule has 5 aromatic carbocycles. The van der Waals surface area contributed by atoms with Gasteiger partial charge in [-0.1, -0.05) is 48.6 Å². The van der Waals surface area contributed by atoms with E-state index in [0.29, 0.717) is 0 Å². The maximum atomic E-state index is 2.34. The van der Waals surface area contributed by atoms with Gasteiger partial charge in [0.15, 0.2) is 0 Å². The standard InChI is InChI=1S/C42H48N2/c1-25-27(3)39-31(7)42-30(6)38(24-18-34-15-21-36(22-16-34)44(11)12)26(2)28(4)40(42)32(8)41(39)29(5)37(25)23-17-33-13-19-35(20-14-33)43(9)10/h13-24H,1-12H3/b23-17+,24-18+. The molecule has 0 saturated carbocycles. The van der Waals surface area contributed by atoms with E-state index in [1.54, 1.807) is 0 Å². The van der Waals surface area contributed by atoms with Gasteiger partial charge in [0, 0.05) is 39.6 Å². The normalized spacial score (nSPS) is 11.9. The molecule has 0 saturated heterocycles. The first-order valence-corrected chi connectivity index (χ1v) is 15.7. The fourth-order valence-corrected chi connectivity index (χ4v) is 7.11. The second kappa shape index (κ2) is 12.0. The van der Waals surface area contributed by atoms with E-state index in [-0.39, 0.29) is 0 Å². The minimum absolute atomic E-state index is 1.22. The summed E-state index contributed by atoms with van der Waals surface area (Å²) in [5.74, 6) is 0. The van der Waals surface area contributed by atoms with Gasteiger partial charge < -0.3 is 9.80 Å². The smallest absolute Gasteiger partial charge is 0.0361 e. The van der Waals surface area contributed by atoms with Crippen molar-refractivity contribution in [3.05, 3.63) is 115 Å². The lowest BCUT2D eigenvalue weighted by Crippen LogP contribution is -2.07. The monoisotopic (exact) mass is 580 g/mol. The minimum Gasteiger partial charge on any atom is -0.378 e. The highest BCUT2D eigenvalue weighted by atomic mass is 15.1. The van der Waals surface area contributed by atoms with Crippen molar-refractivity contribution in [1.82, 2.24) is 0 Å². The van der Waals surface area contributed by atoms with Crippen LogP contribution in [-0.4, -0.2) is 28.2 Å². The molecule has 226 valence electrons. The van der Waals surface area contributed by atoms with Crippen LogP contribution in [0.3, 0.4) is 0 Å². The van der Waals surface area contributed by atoms with Crippen molar-refractivity contribution >= 4 is 57.2 Å². The van der Waals surface area contributed by atoms with Gasteiger partial charge in [0.25, 0.3) is 0 Å². The molecule has 2 heteroatoms. The first-order chi connectivity index (χ1) is 20.8. The van der Waals surface area contributed by atoms with Crippen molar-refractivity contribution in [1.29, 1.82) is 0 Å². The molecule has 0 N–H and O–H groups in total. The molecule has 0 spiro atoms. The van der Waals surface area contributed by atoms with Crippen LogP contribution in [0.5, 0.6) is 0 Å². The van der Waals surface area contributed by atoms with E-state index in [2.05, 4.69) is 166 Å². The second-order valence-corrected chi connectivity index (χ2v) is 13.0. The van der Waals surface area contributed by atoms with Crippen molar-refractivity contribution in [2.45, 2.75) is 55.4 Å². The summed E-state index contributed by atoms with van der Waals surface area (Å²) in [6.45, 7) is 18.5. The van der Waals surface area contributed by atoms with Crippen LogP contribution < -0.4 is 9.80 Å². The van der Waals surface area contributed by atoms with Crippen molar-refractivity contribution in [2.75, 3.05) is 38.0 Å². The summed E-state index contributed by atoms with van der Waals surface area (Å²) < 4.78 is 0. The Morgan fingerprint density at radius 3 is 0.932 bits per heavy atom. The number of aryl methyl sites for hydroxylation is 6. The number of rotatable bonds is 6. The molecule has 0 aliphatic carbocycles. The van der Waals surface area contributed by atoms with E-state index < -0.39 is 0 Å². The van der Waals surface area contributed by atoms with Crippen molar-refractivity contribution < 1.29 is 0 Å². The van der Waals surface area contributed by atoms with Crippen LogP contribution in [0.15, 0.2) is 48.5 Å². The molecule has 0 heterocycles. The third-order valence-corrected chi connectivity index (χ3v) is 9.94. The predicted molar refractivity (Wildman–Crippen MR) is 199 cm³/mol. The Balaban J connectivity index is 1.69. The maximum absolute atomic E-state index is 2.34. The molecule has 0 fully saturated rings. The molecule has 5 aromatic rings. The minimum atomic E-state index is 1.22. The molecule has 5 rings (SSSR count). The van der Waals surface area contributed by atoms with Crippen molar-refractivity contribution in [3.8, 4) is 0 Å². The number of anilines is 2. The number of hydrogen-bond acceptors (Lipinski definition) is 2. The zero-order valence-corrected chi connectivity index (χ0v) is 28.8. The number of nitrogens with zero attached hydrogens (tertiary/aromatic N) is 2. The Hall–Kier alpha value is -4.30. The molecule has 0 aromatic heterocycles. The molecule has 0 aliphatic heterocycles. The summed E-state index contributed by atoms with van der Waals surface area (Å²) in [6, 6.07) is 17.5. The summed E-state index contributed by atoms with van der Waals surface area (Å²) in [5.41, 5.74) is 18.5. The van der Waals surface area contributed by atoms with E-state index in [0.717, 1.165) is 0 Å². The molecule has 0 bridgehead atoms. The molecular weight excluding hydrogens is 532 g/mol. The van der Waals surface area contributed by atoms with Gasteiger partial charge in [-0.25, -0.2) is 0 Å². The number of benzene rings is 5. The zero-order valence-electron chi connectivity index (χ0n) is 28.8. The molecule has 2 nitrogen and oxygen atoms in total. The largest absolute Gasteiger partial charge is 0.378 e. The lowest BCUT2D eigenvalue weighted by molar-refractivity contribution is 1.13. The average molecular weight is 581 g/mol. The summed E-state index contributed by atoms with van der Waals surface area (Å²) in [7, 11) is 8.32. The zero-order chi connectivity index (χ0) is 32.0. The Morgan fingerprint density at radius 1 is 0.341 bits per heavy atom. The van der Waals surface area contributed by atoms with E-state index in [4.69, 9.17) is 0 Å². The van der Waals surface area contributed by atoms with Gasteiger partial charge in [0.05, 0.1) is 0 Å². The van der Waals surface area contributed by atoms with E-state index >= 15 is 0 Å². The fraction of sp³-hybridized carbons (Fsp3) is 0.286. The van der Waals surface area contributed by atoms with E-state index in [1.807, 2.05) is 0 Å². The third-order valence-electron chi connectivity index (χ3n) is 9.94. The number of hydrogen-bond donors (Lipinski definition) is 0. The van der Waals surface area contributed by atoms with E-state index in [9.17, 15) is 0 Å². The van der Waals surface area contributed by atoms with Crippen molar-refractivity contribution in [2.24, 2.45) is 0 Å². The van der Waals surface area contributed by atoms with Gasteiger partial charge in [0.2, 0.25) is 0 Å². The first kappa shape index (κ1) is 31.1. The van der Waals surface area contributed by atoms with Crippen LogP contribution in [0.4, 0.5) is 11.4 Å². The molecule has 0 aliphatic rings. The van der Waals surface area contributed by atoms with Gasteiger partial charge in [-0.15, -0.1) is 0 Å². The maximum Gasteiger partial charge on any atom is 0.0361 e. The summed E-state index contributed by atoms with van der Waals surface area (Å²) in [4.78, 5) is 4.28. The Morgan fingerprint density at radius 2 is 0.636 bits per heavy atom. The van der Waals surface area contributed by atoms with Crippen LogP contribution in [0, 0.1) is 55.4 Å². The Labute approximate surface area is 265 Å². The summed E-state index contributed by atoms with van der Waals surface area (Å²) in [5, 5.41) is 5.65. The van der Waals surface area contributed by atoms with Gasteiger partial charge in [-0.3, -0.25) is 0 Å². The molecule has 0 amide bonds. The number of fused-ring (bicyclic) bond motifs is 2. The lowest BCUT2D eigenvalue weighted by atomic mass is 9.80. The Kier molecular flexibility index (Phi) is 8.49. The highest BCUT2D eigenvalue weighted by molar-refractivity contribution is 6.12. The van der Waals surface area contributed by atoms with Crippen molar-refractivity contribution in [3.63, 3.8) is 0 Å².